The number of carboxylic acids is 1. The van der Waals surface area contributed by atoms with Gasteiger partial charge in [0.2, 0.25) is 0 Å². The van der Waals surface area contributed by atoms with Crippen molar-refractivity contribution in [1.82, 2.24) is 14.7 Å². The summed E-state index contributed by atoms with van der Waals surface area (Å²) in [5, 5.41) is 13.3. The highest BCUT2D eigenvalue weighted by molar-refractivity contribution is 5.74. The van der Waals surface area contributed by atoms with Crippen molar-refractivity contribution < 1.29 is 9.90 Å². The van der Waals surface area contributed by atoms with Crippen LogP contribution in [0.5, 0.6) is 0 Å². The standard InChI is InChI=1S/C12H19N3O2/c1-12(11(16)17)4-7-15(8-5-12)9-10-3-6-13-14(10)2/h3,6H,4-5,7-9H2,1-2H3,(H,16,17). The fraction of sp³-hybridized carbons (Fsp3) is 0.667. The zero-order valence-electron chi connectivity index (χ0n) is 10.4. The third-order valence-corrected chi connectivity index (χ3v) is 3.78. The highest BCUT2D eigenvalue weighted by Crippen LogP contribution is 2.31. The van der Waals surface area contributed by atoms with Gasteiger partial charge in [0.1, 0.15) is 0 Å². The van der Waals surface area contributed by atoms with Gasteiger partial charge in [-0.1, -0.05) is 0 Å². The van der Waals surface area contributed by atoms with E-state index >= 15 is 0 Å². The van der Waals surface area contributed by atoms with E-state index in [-0.39, 0.29) is 0 Å². The molecule has 0 radical (unpaired) electrons. The van der Waals surface area contributed by atoms with Crippen LogP contribution in [0, 0.1) is 5.41 Å². The molecule has 5 nitrogen and oxygen atoms in total. The van der Waals surface area contributed by atoms with Crippen molar-refractivity contribution in [2.24, 2.45) is 12.5 Å². The van der Waals surface area contributed by atoms with E-state index in [0.29, 0.717) is 0 Å². The van der Waals surface area contributed by atoms with Gasteiger partial charge in [-0.2, -0.15) is 5.10 Å². The molecule has 0 amide bonds. The molecule has 1 fully saturated rings. The van der Waals surface area contributed by atoms with Crippen LogP contribution < -0.4 is 0 Å². The second-order valence-electron chi connectivity index (χ2n) is 5.09. The van der Waals surface area contributed by atoms with Crippen molar-refractivity contribution in [3.05, 3.63) is 18.0 Å². The number of rotatable bonds is 3. The lowest BCUT2D eigenvalue weighted by Crippen LogP contribution is -2.42. The zero-order chi connectivity index (χ0) is 12.5. The van der Waals surface area contributed by atoms with Gasteiger partial charge < -0.3 is 5.11 Å². The minimum Gasteiger partial charge on any atom is -0.481 e. The number of aryl methyl sites for hydroxylation is 1. The molecule has 0 aliphatic carbocycles. The van der Waals surface area contributed by atoms with Crippen LogP contribution in [-0.2, 0) is 18.4 Å². The van der Waals surface area contributed by atoms with Crippen LogP contribution in [0.2, 0.25) is 0 Å². The minimum atomic E-state index is -0.669. The summed E-state index contributed by atoms with van der Waals surface area (Å²) in [5.41, 5.74) is 0.632. The molecule has 0 spiro atoms. The maximum Gasteiger partial charge on any atom is 0.309 e. The van der Waals surface area contributed by atoms with Crippen LogP contribution in [0.25, 0.3) is 0 Å². The Morgan fingerprint density at radius 3 is 2.65 bits per heavy atom. The molecule has 1 N–H and O–H groups in total. The third kappa shape index (κ3) is 2.49. The second kappa shape index (κ2) is 4.49. The van der Waals surface area contributed by atoms with Crippen molar-refractivity contribution in [1.29, 1.82) is 0 Å². The highest BCUT2D eigenvalue weighted by atomic mass is 16.4. The number of carboxylic acid groups (broad SMARTS) is 1. The molecule has 2 heterocycles. The van der Waals surface area contributed by atoms with Crippen molar-refractivity contribution >= 4 is 5.97 Å². The summed E-state index contributed by atoms with van der Waals surface area (Å²) in [6.45, 7) is 4.38. The van der Waals surface area contributed by atoms with Crippen LogP contribution in [0.3, 0.4) is 0 Å². The lowest BCUT2D eigenvalue weighted by molar-refractivity contribution is -0.150. The summed E-state index contributed by atoms with van der Waals surface area (Å²) in [7, 11) is 1.93. The fourth-order valence-corrected chi connectivity index (χ4v) is 2.20. The number of aliphatic carboxylic acids is 1. The molecule has 17 heavy (non-hydrogen) atoms. The van der Waals surface area contributed by atoms with Crippen LogP contribution in [-0.4, -0.2) is 38.8 Å². The van der Waals surface area contributed by atoms with Crippen LogP contribution >= 0.6 is 0 Å². The van der Waals surface area contributed by atoms with Gasteiger partial charge in [0, 0.05) is 19.8 Å². The van der Waals surface area contributed by atoms with E-state index in [1.165, 1.54) is 5.69 Å². The number of nitrogens with zero attached hydrogens (tertiary/aromatic N) is 3. The zero-order valence-corrected chi connectivity index (χ0v) is 10.4. The van der Waals surface area contributed by atoms with Crippen molar-refractivity contribution in [2.75, 3.05) is 13.1 Å². The van der Waals surface area contributed by atoms with Gasteiger partial charge in [-0.25, -0.2) is 0 Å². The summed E-state index contributed by atoms with van der Waals surface area (Å²) >= 11 is 0. The summed E-state index contributed by atoms with van der Waals surface area (Å²) in [6.07, 6.45) is 3.24. The van der Waals surface area contributed by atoms with Gasteiger partial charge in [-0.15, -0.1) is 0 Å². The Morgan fingerprint density at radius 1 is 1.53 bits per heavy atom. The Labute approximate surface area is 101 Å². The molecule has 0 aromatic carbocycles. The average Bonchev–Trinajstić information content (AvgIpc) is 2.68. The quantitative estimate of drug-likeness (QED) is 0.855. The molecule has 0 atom stereocenters. The van der Waals surface area contributed by atoms with Gasteiger partial charge >= 0.3 is 5.97 Å². The smallest absolute Gasteiger partial charge is 0.309 e. The lowest BCUT2D eigenvalue weighted by Gasteiger charge is -2.36. The monoisotopic (exact) mass is 237 g/mol. The van der Waals surface area contributed by atoms with E-state index in [4.69, 9.17) is 5.11 Å². The largest absolute Gasteiger partial charge is 0.481 e. The molecule has 1 saturated heterocycles. The van der Waals surface area contributed by atoms with Gasteiger partial charge in [0.05, 0.1) is 11.1 Å². The highest BCUT2D eigenvalue weighted by Gasteiger charge is 2.36. The molecule has 5 heteroatoms. The Bertz CT molecular complexity index is 406. The first-order valence-electron chi connectivity index (χ1n) is 5.94. The molecule has 94 valence electrons. The van der Waals surface area contributed by atoms with E-state index in [9.17, 15) is 4.79 Å². The predicted molar refractivity (Wildman–Crippen MR) is 63.5 cm³/mol. The van der Waals surface area contributed by atoms with Crippen molar-refractivity contribution in [3.8, 4) is 0 Å². The van der Waals surface area contributed by atoms with Crippen molar-refractivity contribution in [3.63, 3.8) is 0 Å². The predicted octanol–water partition coefficient (Wildman–Crippen LogP) is 1.11. The van der Waals surface area contributed by atoms with E-state index in [1.807, 2.05) is 24.7 Å². The average molecular weight is 237 g/mol. The number of hydrogen-bond donors (Lipinski definition) is 1. The van der Waals surface area contributed by atoms with E-state index in [0.717, 1.165) is 32.5 Å². The molecule has 1 aromatic rings. The minimum absolute atomic E-state index is 0.539. The van der Waals surface area contributed by atoms with Gasteiger partial charge in [0.15, 0.2) is 0 Å². The summed E-state index contributed by atoms with van der Waals surface area (Å²) < 4.78 is 1.87. The molecule has 1 aliphatic rings. The Kier molecular flexibility index (Phi) is 3.19. The lowest BCUT2D eigenvalue weighted by atomic mass is 9.80. The number of hydrogen-bond acceptors (Lipinski definition) is 3. The summed E-state index contributed by atoms with van der Waals surface area (Å²) in [5.74, 6) is -0.669. The Balaban J connectivity index is 1.92. The second-order valence-corrected chi connectivity index (χ2v) is 5.09. The number of carbonyl (C=O) groups is 1. The number of aromatic nitrogens is 2. The molecule has 0 unspecified atom stereocenters. The molecular formula is C12H19N3O2. The molecule has 0 bridgehead atoms. The Hall–Kier alpha value is -1.36. The first-order valence-corrected chi connectivity index (χ1v) is 5.94. The first-order chi connectivity index (χ1) is 8.01. The van der Waals surface area contributed by atoms with Gasteiger partial charge in [-0.3, -0.25) is 14.4 Å². The SMILES string of the molecule is Cn1nccc1CN1CCC(C)(C(=O)O)CC1. The van der Waals surface area contributed by atoms with Gasteiger partial charge in [-0.05, 0) is 38.9 Å². The summed E-state index contributed by atoms with van der Waals surface area (Å²) in [4.78, 5) is 13.4. The van der Waals surface area contributed by atoms with Crippen LogP contribution in [0.4, 0.5) is 0 Å². The molecule has 2 rings (SSSR count). The molecule has 0 saturated carbocycles. The van der Waals surface area contributed by atoms with E-state index in [2.05, 4.69) is 10.00 Å². The van der Waals surface area contributed by atoms with Crippen molar-refractivity contribution in [2.45, 2.75) is 26.3 Å². The molecule has 1 aliphatic heterocycles. The molecular weight excluding hydrogens is 218 g/mol. The van der Waals surface area contributed by atoms with Crippen LogP contribution in [0.1, 0.15) is 25.5 Å². The topological polar surface area (TPSA) is 58.4 Å². The van der Waals surface area contributed by atoms with E-state index in [1.54, 1.807) is 6.20 Å². The maximum atomic E-state index is 11.1. The normalized spacial score (nSPS) is 20.4. The fourth-order valence-electron chi connectivity index (χ4n) is 2.20. The summed E-state index contributed by atoms with van der Waals surface area (Å²) in [6, 6.07) is 2.00. The van der Waals surface area contributed by atoms with Gasteiger partial charge in [0.25, 0.3) is 0 Å². The number of likely N-dealkylation sites (tertiary alicyclic amines) is 1. The van der Waals surface area contributed by atoms with E-state index < -0.39 is 11.4 Å². The third-order valence-electron chi connectivity index (χ3n) is 3.78. The first kappa shape index (κ1) is 12.1. The van der Waals surface area contributed by atoms with Crippen LogP contribution in [0.15, 0.2) is 12.3 Å². The molecule has 1 aromatic heterocycles. The number of piperidine rings is 1. The maximum absolute atomic E-state index is 11.1. The Morgan fingerprint density at radius 2 is 2.18 bits per heavy atom.